The number of anilines is 5. The molecule has 0 amide bonds. The van der Waals surface area contributed by atoms with Crippen LogP contribution >= 0.6 is 11.6 Å². The molecule has 5 aliphatic carbocycles. The lowest BCUT2D eigenvalue weighted by Crippen LogP contribution is -2.10. The molecule has 0 bridgehead atoms. The first-order chi connectivity index (χ1) is 64.2. The van der Waals surface area contributed by atoms with Crippen LogP contribution in [0.1, 0.15) is 144 Å². The van der Waals surface area contributed by atoms with Gasteiger partial charge in [-0.2, -0.15) is 0 Å². The Morgan fingerprint density at radius 3 is 0.932 bits per heavy atom. The SMILES string of the molecule is Nc1ncc(-c2cc([N+](=O)[O-])ccc2Cl)cc1-c1ccc2c(c1)CCCC2=O.Nc1ncc(-c2cc([N+](=O)[O-])ccc2F)cc1-c1ccc2c(c1)CCCC2=O.Nc1ncc(-c2cccc([N+](=O)[O-])c2)cc1-c1ccc2c(c1)CCCC2=O.Nc1ncc(-c2ccccc2F)cc1-c1ccc2c(c1)CCCC2=O.Nc1ncc(-c2cnccc2F)cc1-c1ccc2c(c1)CCCC2=O. The summed E-state index contributed by atoms with van der Waals surface area (Å²) in [6.45, 7) is 0. The summed E-state index contributed by atoms with van der Waals surface area (Å²) < 4.78 is 42.4. The van der Waals surface area contributed by atoms with E-state index in [9.17, 15) is 67.5 Å². The Balaban J connectivity index is 0.000000121. The van der Waals surface area contributed by atoms with Gasteiger partial charge in [0.15, 0.2) is 28.9 Å². The first-order valence-corrected chi connectivity index (χ1v) is 43.1. The van der Waals surface area contributed by atoms with Crippen molar-refractivity contribution in [3.63, 3.8) is 0 Å². The van der Waals surface area contributed by atoms with Gasteiger partial charge in [-0.25, -0.2) is 38.1 Å². The summed E-state index contributed by atoms with van der Waals surface area (Å²) in [7, 11) is 0. The molecule has 5 aliphatic rings. The van der Waals surface area contributed by atoms with Gasteiger partial charge in [0.2, 0.25) is 0 Å². The average Bonchev–Trinajstić information content (AvgIpc) is 0.829. The van der Waals surface area contributed by atoms with Crippen LogP contribution in [0.3, 0.4) is 0 Å². The second-order valence-corrected chi connectivity index (χ2v) is 32.9. The smallest absolute Gasteiger partial charge is 0.270 e. The minimum atomic E-state index is -0.584. The molecule has 0 radical (unpaired) electrons. The second-order valence-electron chi connectivity index (χ2n) is 32.5. The lowest BCUT2D eigenvalue weighted by molar-refractivity contribution is -0.385. The number of nitrogens with zero attached hydrogens (tertiary/aromatic N) is 9. The summed E-state index contributed by atoms with van der Waals surface area (Å²) in [5.74, 6) is 1.36. The molecule has 20 rings (SSSR count). The van der Waals surface area contributed by atoms with Gasteiger partial charge in [0.25, 0.3) is 17.1 Å². The monoisotopic (exact) mass is 1790 g/mol. The number of aryl methyl sites for hydroxylation is 5. The van der Waals surface area contributed by atoms with E-state index in [1.165, 1.54) is 67.1 Å². The van der Waals surface area contributed by atoms with Crippen LogP contribution in [0.15, 0.2) is 256 Å². The molecule has 6 heterocycles. The number of aromatic nitrogens is 6. The van der Waals surface area contributed by atoms with E-state index < -0.39 is 20.6 Å². The van der Waals surface area contributed by atoms with Crippen molar-refractivity contribution < 1.29 is 51.9 Å². The van der Waals surface area contributed by atoms with Crippen molar-refractivity contribution in [2.45, 2.75) is 96.3 Å². The average molecular weight is 1800 g/mol. The Labute approximate surface area is 764 Å². The Kier molecular flexibility index (Phi) is 26.5. The number of carbonyl (C=O) groups is 5. The van der Waals surface area contributed by atoms with E-state index in [1.807, 2.05) is 103 Å². The highest BCUT2D eigenvalue weighted by Gasteiger charge is 2.27. The first kappa shape index (κ1) is 89.9. The van der Waals surface area contributed by atoms with E-state index in [0.29, 0.717) is 116 Å². The number of nitro benzene ring substituents is 3. The van der Waals surface area contributed by atoms with Crippen LogP contribution in [-0.4, -0.2) is 73.6 Å². The molecule has 29 heteroatoms. The topological polar surface area (TPSA) is 422 Å². The molecule has 0 aliphatic heterocycles. The van der Waals surface area contributed by atoms with Gasteiger partial charge in [0, 0.05) is 223 Å². The Morgan fingerprint density at radius 1 is 0.256 bits per heavy atom. The van der Waals surface area contributed by atoms with Gasteiger partial charge in [-0.3, -0.25) is 59.3 Å². The zero-order valence-corrected chi connectivity index (χ0v) is 72.0. The predicted molar refractivity (Wildman–Crippen MR) is 507 cm³/mol. The summed E-state index contributed by atoms with van der Waals surface area (Å²) in [6, 6.07) is 59.3. The molecule has 15 aromatic rings. The van der Waals surface area contributed by atoms with Crippen LogP contribution in [-0.2, 0) is 32.1 Å². The number of nitrogens with two attached hydrogens (primary N) is 5. The van der Waals surface area contributed by atoms with E-state index in [4.69, 9.17) is 40.3 Å². The largest absolute Gasteiger partial charge is 0.383 e. The lowest BCUT2D eigenvalue weighted by Gasteiger charge is -2.16. The number of hydrogen-bond acceptors (Lipinski definition) is 22. The molecule has 0 fully saturated rings. The highest BCUT2D eigenvalue weighted by atomic mass is 35.5. The zero-order chi connectivity index (χ0) is 93.4. The molecule has 0 saturated carbocycles. The number of pyridine rings is 6. The molecule has 0 saturated heterocycles. The van der Waals surface area contributed by atoms with Gasteiger partial charge < -0.3 is 28.7 Å². The number of carbonyl (C=O) groups excluding carboxylic acids is 5. The van der Waals surface area contributed by atoms with Gasteiger partial charge in [-0.05, 0) is 180 Å². The number of nitro groups is 3. The summed E-state index contributed by atoms with van der Waals surface area (Å²) in [6.07, 6.45) is 22.0. The molecule has 6 aromatic heterocycles. The Hall–Kier alpha value is -16.5. The number of halogens is 4. The minimum absolute atomic E-state index is 0.0261. The highest BCUT2D eigenvalue weighted by Crippen LogP contribution is 2.42. The summed E-state index contributed by atoms with van der Waals surface area (Å²) in [5, 5.41) is 33.5. The van der Waals surface area contributed by atoms with Crippen LogP contribution in [0.25, 0.3) is 111 Å². The maximum Gasteiger partial charge on any atom is 0.270 e. The molecule has 0 atom stereocenters. The third-order valence-corrected chi connectivity index (χ3v) is 24.4. The molecule has 662 valence electrons. The number of benzene rings is 9. The van der Waals surface area contributed by atoms with E-state index in [2.05, 4.69) is 29.9 Å². The predicted octanol–water partition coefficient (Wildman–Crippen LogP) is 22.8. The first-order valence-electron chi connectivity index (χ1n) is 42.8. The third kappa shape index (κ3) is 19.9. The van der Waals surface area contributed by atoms with Gasteiger partial charge in [0.05, 0.1) is 14.8 Å². The van der Waals surface area contributed by atoms with Gasteiger partial charge in [-0.15, -0.1) is 0 Å². The molecule has 9 aromatic carbocycles. The summed E-state index contributed by atoms with van der Waals surface area (Å²) in [5.41, 5.74) is 52.1. The molecule has 25 nitrogen and oxygen atoms in total. The van der Waals surface area contributed by atoms with Crippen LogP contribution < -0.4 is 28.7 Å². The Morgan fingerprint density at radius 2 is 0.564 bits per heavy atom. The number of hydrogen-bond donors (Lipinski definition) is 5. The van der Waals surface area contributed by atoms with Crippen molar-refractivity contribution in [1.29, 1.82) is 0 Å². The standard InChI is InChI=1S/C21H16ClN3O3.C21H16FN3O3.C21H17FN2O.C21H17N3O3.C20H16FN3O/c2*22-19-7-5-15(25(27)28)10-17(19)14-9-18(21(23)24-11-14)13-4-6-16-12(8-13)2-1-3-20(16)26;22-19-6-2-1-5-16(19)15-11-18(21(23)24-12-15)14-8-9-17-13(10-14)4-3-7-20(17)25;22-21-19(15-7-8-18-14(9-15)4-2-6-20(18)25)11-16(12-23-21)13-3-1-5-17(10-13)24(26)27;21-18-6-7-23-11-17(18)14-9-16(20(22)24-10-14)13-4-5-15-12(8-13)2-1-3-19(15)25/h2*4-11H,1-3H2,(H2,23,24);1-2,5-6,8-12H,3-4,7H2,(H2,23,24);1,3,5,7-12H,2,4,6H2,(H2,22,23);4-11H,1-3H2,(H2,22,24). The zero-order valence-electron chi connectivity index (χ0n) is 71.3. The molecule has 133 heavy (non-hydrogen) atoms. The van der Waals surface area contributed by atoms with Crippen LogP contribution in [0, 0.1) is 47.8 Å². The molecule has 0 spiro atoms. The summed E-state index contributed by atoms with van der Waals surface area (Å²) in [4.78, 5) is 117. The number of non-ortho nitro benzene ring substituents is 3. The van der Waals surface area contributed by atoms with Crippen molar-refractivity contribution in [3.05, 3.63) is 364 Å². The number of ketones is 5. The van der Waals surface area contributed by atoms with E-state index in [-0.39, 0.29) is 69.0 Å². The van der Waals surface area contributed by atoms with E-state index >= 15 is 0 Å². The van der Waals surface area contributed by atoms with E-state index in [1.54, 1.807) is 73.3 Å². The van der Waals surface area contributed by atoms with Gasteiger partial charge in [-0.1, -0.05) is 133 Å². The fraction of sp³-hybridized carbons (Fsp3) is 0.144. The Bertz CT molecular complexity index is 6940. The minimum Gasteiger partial charge on any atom is -0.383 e. The van der Waals surface area contributed by atoms with Gasteiger partial charge >= 0.3 is 0 Å². The fourth-order valence-corrected chi connectivity index (χ4v) is 17.4. The van der Waals surface area contributed by atoms with Crippen molar-refractivity contribution in [1.82, 2.24) is 29.9 Å². The number of Topliss-reactive ketones (excluding diaryl/α,β-unsaturated/α-hetero) is 5. The molecule has 10 N–H and O–H groups in total. The number of nitrogen functional groups attached to an aromatic ring is 5. The molecule has 0 unspecified atom stereocenters. The number of fused-ring (bicyclic) bond motifs is 5. The second kappa shape index (κ2) is 39.2. The molecular weight excluding hydrogens is 1710 g/mol. The van der Waals surface area contributed by atoms with Crippen molar-refractivity contribution >= 4 is 86.7 Å². The molecular formula is C104H82ClF3N14O11. The highest BCUT2D eigenvalue weighted by molar-refractivity contribution is 6.33. The van der Waals surface area contributed by atoms with Crippen molar-refractivity contribution in [2.75, 3.05) is 28.7 Å². The van der Waals surface area contributed by atoms with Gasteiger partial charge in [0.1, 0.15) is 46.5 Å². The van der Waals surface area contributed by atoms with Crippen LogP contribution in [0.5, 0.6) is 0 Å². The lowest BCUT2D eigenvalue weighted by atomic mass is 9.88. The maximum absolute atomic E-state index is 14.3. The number of rotatable bonds is 13. The van der Waals surface area contributed by atoms with Crippen molar-refractivity contribution in [2.24, 2.45) is 0 Å². The quantitative estimate of drug-likeness (QED) is 0.0528. The van der Waals surface area contributed by atoms with Crippen LogP contribution in [0.4, 0.5) is 59.3 Å². The van der Waals surface area contributed by atoms with Crippen LogP contribution in [0.2, 0.25) is 5.02 Å². The van der Waals surface area contributed by atoms with Crippen molar-refractivity contribution in [3.8, 4) is 111 Å². The van der Waals surface area contributed by atoms with E-state index in [0.717, 1.165) is 182 Å². The normalized spacial score (nSPS) is 13.4. The third-order valence-electron chi connectivity index (χ3n) is 24.0. The fourth-order valence-electron chi connectivity index (χ4n) is 17.1. The summed E-state index contributed by atoms with van der Waals surface area (Å²) >= 11 is 6.27. The maximum atomic E-state index is 14.3.